The maximum absolute atomic E-state index is 12.9. The van der Waals surface area contributed by atoms with Crippen LogP contribution in [0.2, 0.25) is 0 Å². The Labute approximate surface area is 126 Å². The van der Waals surface area contributed by atoms with Crippen molar-refractivity contribution in [2.75, 3.05) is 6.61 Å². The van der Waals surface area contributed by atoms with E-state index in [2.05, 4.69) is 0 Å². The second-order valence-electron chi connectivity index (χ2n) is 6.25. The normalized spacial score (nSPS) is 36.0. The molecular formula is C16H16O6. The van der Waals surface area contributed by atoms with Crippen molar-refractivity contribution in [3.63, 3.8) is 0 Å². The summed E-state index contributed by atoms with van der Waals surface area (Å²) in [6.45, 7) is -0.162. The molecule has 5 rings (SSSR count). The summed E-state index contributed by atoms with van der Waals surface area (Å²) in [7, 11) is 0. The van der Waals surface area contributed by atoms with Crippen LogP contribution in [0.15, 0.2) is 18.2 Å². The minimum absolute atomic E-state index is 0.0213. The molecule has 3 fully saturated rings. The van der Waals surface area contributed by atoms with Gasteiger partial charge in [0.25, 0.3) is 0 Å². The van der Waals surface area contributed by atoms with E-state index in [1.54, 1.807) is 0 Å². The predicted molar refractivity (Wildman–Crippen MR) is 73.6 cm³/mol. The van der Waals surface area contributed by atoms with E-state index >= 15 is 0 Å². The van der Waals surface area contributed by atoms with E-state index in [1.807, 2.05) is 0 Å². The van der Waals surface area contributed by atoms with Gasteiger partial charge in [0.2, 0.25) is 5.78 Å². The Bertz CT molecular complexity index is 669. The average molecular weight is 304 g/mol. The van der Waals surface area contributed by atoms with Crippen molar-refractivity contribution in [3.05, 3.63) is 23.8 Å². The van der Waals surface area contributed by atoms with Crippen molar-refractivity contribution in [2.24, 2.45) is 11.8 Å². The summed E-state index contributed by atoms with van der Waals surface area (Å²) < 4.78 is 11.3. The summed E-state index contributed by atoms with van der Waals surface area (Å²) in [4.78, 5) is 25.2. The minimum Gasteiger partial charge on any atom is -0.508 e. The lowest BCUT2D eigenvalue weighted by Gasteiger charge is -2.32. The van der Waals surface area contributed by atoms with Gasteiger partial charge < -0.3 is 19.7 Å². The smallest absolute Gasteiger partial charge is 0.313 e. The summed E-state index contributed by atoms with van der Waals surface area (Å²) in [5, 5.41) is 19.2. The first-order chi connectivity index (χ1) is 10.5. The zero-order valence-corrected chi connectivity index (χ0v) is 11.8. The average Bonchev–Trinajstić information content (AvgIpc) is 2.64. The molecule has 1 saturated carbocycles. The van der Waals surface area contributed by atoms with Gasteiger partial charge in [-0.1, -0.05) is 0 Å². The second-order valence-corrected chi connectivity index (χ2v) is 6.25. The first kappa shape index (κ1) is 13.6. The van der Waals surface area contributed by atoms with Crippen LogP contribution in [0.5, 0.6) is 11.5 Å². The third-order valence-electron chi connectivity index (χ3n) is 5.06. The Hall–Kier alpha value is -2.08. The summed E-state index contributed by atoms with van der Waals surface area (Å²) in [6, 6.07) is 4.35. The number of hydrogen-bond donors (Lipinski definition) is 2. The van der Waals surface area contributed by atoms with Gasteiger partial charge >= 0.3 is 5.97 Å². The van der Waals surface area contributed by atoms with E-state index < -0.39 is 17.5 Å². The number of esters is 1. The van der Waals surface area contributed by atoms with E-state index in [0.717, 1.165) is 0 Å². The second kappa shape index (κ2) is 4.46. The fourth-order valence-corrected chi connectivity index (χ4v) is 3.96. The molecule has 0 radical (unpaired) electrons. The zero-order chi connectivity index (χ0) is 15.5. The standard InChI is InChI=1S/C16H16O6/c17-7-8-6-16(11-2-4-12(8)21-15(11)20)14(19)10-5-9(18)1-3-13(10)22-16/h1,3,5,8,11-12,17-18H,2,4,6-7H2/t8-,11+,12+,16+/m1/s1. The molecule has 6 nitrogen and oxygen atoms in total. The number of fused-ring (bicyclic) bond motifs is 4. The molecule has 4 aliphatic rings. The number of phenols is 1. The highest BCUT2D eigenvalue weighted by atomic mass is 16.6. The first-order valence-electron chi connectivity index (χ1n) is 7.43. The lowest BCUT2D eigenvalue weighted by Crippen LogP contribution is -2.50. The van der Waals surface area contributed by atoms with Gasteiger partial charge in [-0.3, -0.25) is 9.59 Å². The summed E-state index contributed by atoms with van der Waals surface area (Å²) in [6.07, 6.45) is 1.02. The number of aliphatic hydroxyl groups excluding tert-OH is 1. The van der Waals surface area contributed by atoms with Crippen LogP contribution in [0.25, 0.3) is 0 Å². The fourth-order valence-electron chi connectivity index (χ4n) is 3.96. The number of phenolic OH excluding ortho intramolecular Hbond substituents is 1. The highest BCUT2D eigenvalue weighted by Gasteiger charge is 2.62. The molecule has 1 aliphatic carbocycles. The highest BCUT2D eigenvalue weighted by molar-refractivity contribution is 6.10. The molecule has 4 atom stereocenters. The third-order valence-corrected chi connectivity index (χ3v) is 5.06. The van der Waals surface area contributed by atoms with Gasteiger partial charge in [-0.2, -0.15) is 0 Å². The molecule has 22 heavy (non-hydrogen) atoms. The van der Waals surface area contributed by atoms with Gasteiger partial charge in [-0.05, 0) is 31.0 Å². The Balaban J connectivity index is 1.83. The number of aliphatic hydroxyl groups is 1. The molecule has 6 heteroatoms. The SMILES string of the molecule is O=C1O[C@H]2CC[C@@H]1[C@]1(C[C@@H]2CO)Oc2ccc(O)cc2C1=O. The third kappa shape index (κ3) is 1.64. The predicted octanol–water partition coefficient (Wildman–Crippen LogP) is 1.04. The monoisotopic (exact) mass is 304 g/mol. The van der Waals surface area contributed by atoms with Crippen molar-refractivity contribution in [2.45, 2.75) is 31.0 Å². The van der Waals surface area contributed by atoms with Gasteiger partial charge in [0.1, 0.15) is 23.5 Å². The van der Waals surface area contributed by atoms with Crippen molar-refractivity contribution in [1.82, 2.24) is 0 Å². The largest absolute Gasteiger partial charge is 0.508 e. The minimum atomic E-state index is -1.31. The van der Waals surface area contributed by atoms with Crippen LogP contribution >= 0.6 is 0 Å². The molecule has 0 unspecified atom stereocenters. The molecule has 2 N–H and O–H groups in total. The Morgan fingerprint density at radius 3 is 2.82 bits per heavy atom. The van der Waals surface area contributed by atoms with Gasteiger partial charge in [-0.25, -0.2) is 0 Å². The summed E-state index contributed by atoms with van der Waals surface area (Å²) in [5.41, 5.74) is -1.03. The van der Waals surface area contributed by atoms with Gasteiger partial charge in [0.15, 0.2) is 5.60 Å². The number of carbonyl (C=O) groups is 2. The summed E-state index contributed by atoms with van der Waals surface area (Å²) in [5.74, 6) is -1.37. The zero-order valence-electron chi connectivity index (χ0n) is 11.8. The molecule has 2 bridgehead atoms. The number of hydrogen-bond acceptors (Lipinski definition) is 6. The molecule has 1 spiro atoms. The number of ether oxygens (including phenoxy) is 2. The van der Waals surface area contributed by atoms with Crippen LogP contribution in [0.4, 0.5) is 0 Å². The molecule has 116 valence electrons. The molecule has 0 aromatic heterocycles. The fraction of sp³-hybridized carbons (Fsp3) is 0.500. The molecule has 3 heterocycles. The van der Waals surface area contributed by atoms with E-state index in [-0.39, 0.29) is 42.1 Å². The van der Waals surface area contributed by atoms with Crippen LogP contribution in [-0.2, 0) is 9.53 Å². The van der Waals surface area contributed by atoms with E-state index in [0.29, 0.717) is 18.6 Å². The maximum Gasteiger partial charge on any atom is 0.313 e. The maximum atomic E-state index is 12.9. The molecule has 1 aromatic carbocycles. The Kier molecular flexibility index (Phi) is 2.75. The number of carbonyl (C=O) groups excluding carboxylic acids is 2. The molecular weight excluding hydrogens is 288 g/mol. The highest BCUT2D eigenvalue weighted by Crippen LogP contribution is 2.50. The van der Waals surface area contributed by atoms with Crippen molar-refractivity contribution < 1.29 is 29.3 Å². The number of aromatic hydroxyl groups is 1. The van der Waals surface area contributed by atoms with Crippen molar-refractivity contribution in [3.8, 4) is 11.5 Å². The van der Waals surface area contributed by atoms with Gasteiger partial charge in [-0.15, -0.1) is 0 Å². The van der Waals surface area contributed by atoms with E-state index in [1.165, 1.54) is 18.2 Å². The molecule has 1 aromatic rings. The van der Waals surface area contributed by atoms with E-state index in [4.69, 9.17) is 9.47 Å². The van der Waals surface area contributed by atoms with Crippen molar-refractivity contribution in [1.29, 1.82) is 0 Å². The number of rotatable bonds is 1. The quantitative estimate of drug-likeness (QED) is 0.753. The van der Waals surface area contributed by atoms with Crippen LogP contribution in [-0.4, -0.2) is 40.3 Å². The molecule has 2 saturated heterocycles. The topological polar surface area (TPSA) is 93.1 Å². The van der Waals surface area contributed by atoms with Gasteiger partial charge in [0, 0.05) is 18.9 Å². The lowest BCUT2D eigenvalue weighted by atomic mass is 9.77. The number of benzene rings is 1. The molecule has 0 amide bonds. The van der Waals surface area contributed by atoms with Crippen LogP contribution in [0, 0.1) is 11.8 Å². The van der Waals surface area contributed by atoms with Crippen LogP contribution < -0.4 is 4.74 Å². The molecule has 3 aliphatic heterocycles. The van der Waals surface area contributed by atoms with E-state index in [9.17, 15) is 19.8 Å². The summed E-state index contributed by atoms with van der Waals surface area (Å²) >= 11 is 0. The Morgan fingerprint density at radius 1 is 1.27 bits per heavy atom. The van der Waals surface area contributed by atoms with Crippen molar-refractivity contribution >= 4 is 11.8 Å². The lowest BCUT2D eigenvalue weighted by molar-refractivity contribution is -0.164. The number of ketones is 1. The first-order valence-corrected chi connectivity index (χ1v) is 7.43. The van der Waals surface area contributed by atoms with Gasteiger partial charge in [0.05, 0.1) is 5.56 Å². The number of Topliss-reactive ketones (excluding diaryl/α,β-unsaturated/α-hetero) is 1. The van der Waals surface area contributed by atoms with Crippen LogP contribution in [0.1, 0.15) is 29.6 Å². The Morgan fingerprint density at radius 2 is 2.09 bits per heavy atom. The van der Waals surface area contributed by atoms with Crippen LogP contribution in [0.3, 0.4) is 0 Å².